The largest absolute Gasteiger partial charge is 0.489 e. The molecule has 13 heteroatoms. The number of aliphatic hydroxyl groups excluding tert-OH is 1. The molecule has 0 bridgehead atoms. The van der Waals surface area contributed by atoms with E-state index in [0.29, 0.717) is 55.5 Å². The van der Waals surface area contributed by atoms with Gasteiger partial charge in [0.1, 0.15) is 11.9 Å². The van der Waals surface area contributed by atoms with Gasteiger partial charge in [-0.3, -0.25) is 9.71 Å². The lowest BCUT2D eigenvalue weighted by Gasteiger charge is -2.27. The highest BCUT2D eigenvalue weighted by molar-refractivity contribution is 7.92. The number of fused-ring (bicyclic) bond motifs is 1. The zero-order valence-electron chi connectivity index (χ0n) is 23.7. The van der Waals surface area contributed by atoms with Gasteiger partial charge in [-0.1, -0.05) is 25.3 Å². The van der Waals surface area contributed by atoms with Crippen molar-refractivity contribution in [3.63, 3.8) is 0 Å². The van der Waals surface area contributed by atoms with Crippen LogP contribution in [0.1, 0.15) is 49.3 Å². The number of benzene rings is 2. The van der Waals surface area contributed by atoms with Gasteiger partial charge in [-0.2, -0.15) is 9.36 Å². The molecular weight excluding hydrogens is 570 g/mol. The first-order valence-corrected chi connectivity index (χ1v) is 16.1. The third-order valence-corrected chi connectivity index (χ3v) is 9.51. The van der Waals surface area contributed by atoms with Crippen molar-refractivity contribution < 1.29 is 18.3 Å². The molecule has 12 nitrogen and oxygen atoms in total. The molecule has 1 fully saturated rings. The van der Waals surface area contributed by atoms with E-state index in [1.54, 1.807) is 54.9 Å². The summed E-state index contributed by atoms with van der Waals surface area (Å²) in [6, 6.07) is 14.9. The van der Waals surface area contributed by atoms with Crippen LogP contribution in [0.25, 0.3) is 5.69 Å². The Morgan fingerprint density at radius 1 is 1.07 bits per heavy atom. The van der Waals surface area contributed by atoms with Crippen molar-refractivity contribution in [1.82, 2.24) is 30.1 Å². The summed E-state index contributed by atoms with van der Waals surface area (Å²) in [5.41, 5.74) is 2.12. The van der Waals surface area contributed by atoms with Gasteiger partial charge in [0.25, 0.3) is 10.0 Å². The molecule has 2 atom stereocenters. The second-order valence-electron chi connectivity index (χ2n) is 11.1. The van der Waals surface area contributed by atoms with Crippen LogP contribution in [0.2, 0.25) is 0 Å². The highest BCUT2D eigenvalue weighted by atomic mass is 32.2. The van der Waals surface area contributed by atoms with Gasteiger partial charge in [0.05, 0.1) is 16.7 Å². The van der Waals surface area contributed by atoms with Crippen molar-refractivity contribution in [2.75, 3.05) is 17.8 Å². The molecule has 0 radical (unpaired) electrons. The highest BCUT2D eigenvalue weighted by Gasteiger charge is 2.24. The number of rotatable bonds is 12. The Kier molecular flexibility index (Phi) is 8.54. The second-order valence-corrected chi connectivity index (χ2v) is 12.8. The quantitative estimate of drug-likeness (QED) is 0.221. The lowest BCUT2D eigenvalue weighted by Crippen LogP contribution is -2.36. The minimum Gasteiger partial charge on any atom is -0.489 e. The Hall–Kier alpha value is -4.07. The maximum Gasteiger partial charge on any atom is 0.368 e. The van der Waals surface area contributed by atoms with E-state index >= 15 is 0 Å². The molecule has 3 heterocycles. The Balaban J connectivity index is 1.04. The number of ether oxygens (including phenoxy) is 1. The van der Waals surface area contributed by atoms with Crippen LogP contribution >= 0.6 is 0 Å². The zero-order chi connectivity index (χ0) is 29.8. The van der Waals surface area contributed by atoms with Gasteiger partial charge in [0, 0.05) is 43.3 Å². The monoisotopic (exact) mass is 605 g/mol. The lowest BCUT2D eigenvalue weighted by atomic mass is 9.83. The summed E-state index contributed by atoms with van der Waals surface area (Å²) >= 11 is 0. The van der Waals surface area contributed by atoms with E-state index in [-0.39, 0.29) is 16.7 Å². The number of hydrogen-bond donors (Lipinski definition) is 3. The first-order chi connectivity index (χ1) is 20.9. The van der Waals surface area contributed by atoms with E-state index < -0.39 is 16.1 Å². The molecule has 1 saturated carbocycles. The van der Waals surface area contributed by atoms with Crippen LogP contribution in [-0.4, -0.2) is 57.5 Å². The first-order valence-electron chi connectivity index (χ1n) is 14.6. The molecule has 0 saturated heterocycles. The van der Waals surface area contributed by atoms with Gasteiger partial charge in [-0.05, 0) is 89.7 Å². The van der Waals surface area contributed by atoms with E-state index in [1.807, 2.05) is 6.07 Å². The molecule has 2 aromatic heterocycles. The summed E-state index contributed by atoms with van der Waals surface area (Å²) < 4.78 is 37.6. The van der Waals surface area contributed by atoms with Crippen LogP contribution in [-0.2, 0) is 23.0 Å². The highest BCUT2D eigenvalue weighted by Crippen LogP contribution is 2.31. The topological polar surface area (TPSA) is 153 Å². The molecule has 4 aromatic rings. The van der Waals surface area contributed by atoms with Crippen molar-refractivity contribution in [3.05, 3.63) is 88.6 Å². The zero-order valence-corrected chi connectivity index (χ0v) is 24.5. The molecule has 43 heavy (non-hydrogen) atoms. The Morgan fingerprint density at radius 2 is 1.91 bits per heavy atom. The number of aliphatic hydroxyl groups is 1. The van der Waals surface area contributed by atoms with Crippen LogP contribution in [0.4, 0.5) is 5.69 Å². The number of nitrogens with zero attached hydrogens (tertiary/aromatic N) is 5. The number of anilines is 1. The molecule has 226 valence electrons. The standard InChI is InChI=1S/C30H35N7O5S/c38-28(23-5-2-15-31-18-23)20-32-19-26-11-6-22-17-27(12-13-29(22)42-26)43(40,41)33-24-7-9-25(10-8-24)37-30(39)36(34-35-37)16-14-21-3-1-4-21/h2,5,7-10,12-13,15,17-18,21,26,28,32-33,38H,1,3-4,6,11,14,16,19-20H2. The fourth-order valence-corrected chi connectivity index (χ4v) is 6.46. The van der Waals surface area contributed by atoms with Crippen molar-refractivity contribution in [3.8, 4) is 11.4 Å². The molecule has 2 aliphatic rings. The molecular formula is C30H35N7O5S. The van der Waals surface area contributed by atoms with E-state index in [2.05, 4.69) is 25.4 Å². The number of tetrazole rings is 1. The van der Waals surface area contributed by atoms with E-state index in [1.165, 1.54) is 34.7 Å². The fraction of sp³-hybridized carbons (Fsp3) is 0.400. The van der Waals surface area contributed by atoms with Gasteiger partial charge in [-0.15, -0.1) is 0 Å². The Morgan fingerprint density at radius 3 is 2.65 bits per heavy atom. The van der Waals surface area contributed by atoms with E-state index in [4.69, 9.17) is 4.74 Å². The summed E-state index contributed by atoms with van der Waals surface area (Å²) in [4.78, 5) is 16.9. The summed E-state index contributed by atoms with van der Waals surface area (Å²) in [6.07, 6.45) is 8.52. The van der Waals surface area contributed by atoms with Crippen LogP contribution in [0.5, 0.6) is 5.75 Å². The SMILES string of the molecule is O=c1n(CCC2CCC2)nnn1-c1ccc(NS(=O)(=O)c2ccc3c(c2)CCC(CNCC(O)c2cccnc2)O3)cc1. The predicted molar refractivity (Wildman–Crippen MR) is 160 cm³/mol. The smallest absolute Gasteiger partial charge is 0.368 e. The minimum absolute atomic E-state index is 0.0930. The molecule has 0 amide bonds. The third kappa shape index (κ3) is 6.79. The summed E-state index contributed by atoms with van der Waals surface area (Å²) in [5.74, 6) is 1.32. The van der Waals surface area contributed by atoms with Gasteiger partial charge in [-0.25, -0.2) is 13.2 Å². The molecule has 1 aliphatic heterocycles. The normalized spacial score (nSPS) is 17.5. The molecule has 2 unspecified atom stereocenters. The molecule has 1 aliphatic carbocycles. The minimum atomic E-state index is -3.86. The number of sulfonamides is 1. The van der Waals surface area contributed by atoms with Gasteiger partial charge in [0.2, 0.25) is 0 Å². The molecule has 0 spiro atoms. The van der Waals surface area contributed by atoms with Crippen LogP contribution in [0, 0.1) is 5.92 Å². The number of aromatic nitrogens is 5. The van der Waals surface area contributed by atoms with E-state index in [9.17, 15) is 18.3 Å². The first kappa shape index (κ1) is 29.0. The van der Waals surface area contributed by atoms with Crippen molar-refractivity contribution in [2.45, 2.75) is 62.2 Å². The van der Waals surface area contributed by atoms with Gasteiger partial charge < -0.3 is 15.2 Å². The maximum atomic E-state index is 13.2. The number of hydrogen-bond acceptors (Lipinski definition) is 9. The van der Waals surface area contributed by atoms with Crippen molar-refractivity contribution in [2.24, 2.45) is 5.92 Å². The lowest BCUT2D eigenvalue weighted by molar-refractivity contribution is 0.146. The van der Waals surface area contributed by atoms with Gasteiger partial charge >= 0.3 is 5.69 Å². The van der Waals surface area contributed by atoms with Crippen LogP contribution in [0.15, 0.2) is 76.7 Å². The second kappa shape index (κ2) is 12.7. The van der Waals surface area contributed by atoms with Crippen molar-refractivity contribution >= 4 is 15.7 Å². The summed E-state index contributed by atoms with van der Waals surface area (Å²) in [7, 11) is -3.86. The predicted octanol–water partition coefficient (Wildman–Crippen LogP) is 2.83. The third-order valence-electron chi connectivity index (χ3n) is 8.13. The summed E-state index contributed by atoms with van der Waals surface area (Å²) in [6.45, 7) is 1.47. The average Bonchev–Trinajstić information content (AvgIpc) is 3.36. The van der Waals surface area contributed by atoms with Crippen LogP contribution < -0.4 is 20.5 Å². The molecule has 6 rings (SSSR count). The van der Waals surface area contributed by atoms with Gasteiger partial charge in [0.15, 0.2) is 0 Å². The Bertz CT molecular complexity index is 1700. The Labute approximate surface area is 249 Å². The number of aryl methyl sites for hydroxylation is 2. The van der Waals surface area contributed by atoms with Crippen LogP contribution in [0.3, 0.4) is 0 Å². The molecule has 2 aromatic carbocycles. The summed E-state index contributed by atoms with van der Waals surface area (Å²) in [5, 5.41) is 21.5. The van der Waals surface area contributed by atoms with Crippen molar-refractivity contribution in [1.29, 1.82) is 0 Å². The number of pyridine rings is 1. The average molecular weight is 606 g/mol. The maximum absolute atomic E-state index is 13.2. The van der Waals surface area contributed by atoms with E-state index in [0.717, 1.165) is 17.5 Å². The fourth-order valence-electron chi connectivity index (χ4n) is 5.35. The molecule has 3 N–H and O–H groups in total. The number of nitrogens with one attached hydrogen (secondary N) is 2.